The van der Waals surface area contributed by atoms with Crippen molar-refractivity contribution in [1.82, 2.24) is 20.2 Å². The summed E-state index contributed by atoms with van der Waals surface area (Å²) in [7, 11) is 0. The lowest BCUT2D eigenvalue weighted by atomic mass is 10.0. The molecule has 4 rings (SSSR count). The van der Waals surface area contributed by atoms with Gasteiger partial charge >= 0.3 is 0 Å². The van der Waals surface area contributed by atoms with Gasteiger partial charge in [-0.1, -0.05) is 71.9 Å². The Morgan fingerprint density at radius 1 is 1.12 bits per heavy atom. The van der Waals surface area contributed by atoms with Crippen LogP contribution in [-0.4, -0.2) is 37.7 Å². The molecule has 0 saturated heterocycles. The summed E-state index contributed by atoms with van der Waals surface area (Å²) >= 11 is 1.30. The van der Waals surface area contributed by atoms with E-state index in [0.717, 1.165) is 22.2 Å². The number of nitrogens with zero attached hydrogens (tertiary/aromatic N) is 4. The van der Waals surface area contributed by atoms with Gasteiger partial charge in [0.05, 0.1) is 12.0 Å². The molecular weight excluding hydrogens is 422 g/mol. The van der Waals surface area contributed by atoms with Crippen LogP contribution in [0.5, 0.6) is 5.75 Å². The first-order chi connectivity index (χ1) is 15.6. The Morgan fingerprint density at radius 2 is 1.91 bits per heavy atom. The Kier molecular flexibility index (Phi) is 6.51. The number of aromatic hydroxyl groups is 1. The van der Waals surface area contributed by atoms with Gasteiger partial charge in [-0.2, -0.15) is 5.10 Å². The number of carbonyl (C=O) groups excluding carboxylic acids is 1. The highest BCUT2D eigenvalue weighted by molar-refractivity contribution is 7.99. The van der Waals surface area contributed by atoms with E-state index >= 15 is 0 Å². The molecule has 0 aliphatic carbocycles. The normalized spacial score (nSPS) is 11.3. The van der Waals surface area contributed by atoms with Gasteiger partial charge in [0.1, 0.15) is 5.75 Å². The molecule has 0 bridgehead atoms. The molecule has 3 aromatic carbocycles. The Balaban J connectivity index is 1.41. The van der Waals surface area contributed by atoms with Gasteiger partial charge in [0.25, 0.3) is 5.91 Å². The third-order valence-electron chi connectivity index (χ3n) is 5.01. The summed E-state index contributed by atoms with van der Waals surface area (Å²) in [5, 5.41) is 25.3. The molecule has 2 N–H and O–H groups in total. The maximum absolute atomic E-state index is 12.3. The minimum atomic E-state index is -0.270. The van der Waals surface area contributed by atoms with Gasteiger partial charge in [0.2, 0.25) is 0 Å². The van der Waals surface area contributed by atoms with Crippen molar-refractivity contribution in [2.24, 2.45) is 5.10 Å². The Labute approximate surface area is 190 Å². The largest absolute Gasteiger partial charge is 0.507 e. The molecule has 1 heterocycles. The predicted octanol–water partition coefficient (Wildman–Crippen LogP) is 4.37. The van der Waals surface area contributed by atoms with E-state index in [4.69, 9.17) is 0 Å². The molecule has 1 amide bonds. The van der Waals surface area contributed by atoms with E-state index in [9.17, 15) is 9.90 Å². The lowest BCUT2D eigenvalue weighted by Gasteiger charge is -2.07. The molecule has 0 unspecified atom stereocenters. The van der Waals surface area contributed by atoms with Crippen LogP contribution in [0.25, 0.3) is 22.2 Å². The summed E-state index contributed by atoms with van der Waals surface area (Å²) in [6.07, 6.45) is 1.46. The molecule has 162 valence electrons. The topological polar surface area (TPSA) is 92.4 Å². The molecular formula is C24H23N5O2S. The number of fused-ring (bicyclic) bond motifs is 1. The highest BCUT2D eigenvalue weighted by Gasteiger charge is 2.14. The highest BCUT2D eigenvalue weighted by atomic mass is 32.2. The molecule has 0 saturated carbocycles. The molecule has 0 aliphatic rings. The van der Waals surface area contributed by atoms with Crippen LogP contribution in [0.3, 0.4) is 0 Å². The maximum Gasteiger partial charge on any atom is 0.250 e. The Morgan fingerprint density at radius 3 is 2.69 bits per heavy atom. The average Bonchev–Trinajstić information content (AvgIpc) is 3.22. The first kappa shape index (κ1) is 21.6. The van der Waals surface area contributed by atoms with Crippen molar-refractivity contribution < 1.29 is 9.90 Å². The van der Waals surface area contributed by atoms with Crippen molar-refractivity contribution in [3.63, 3.8) is 0 Å². The van der Waals surface area contributed by atoms with Crippen molar-refractivity contribution in [2.45, 2.75) is 25.5 Å². The van der Waals surface area contributed by atoms with Crippen molar-refractivity contribution in [3.8, 4) is 17.1 Å². The Bertz CT molecular complexity index is 1280. The molecule has 32 heavy (non-hydrogen) atoms. The molecule has 0 radical (unpaired) electrons. The highest BCUT2D eigenvalue weighted by Crippen LogP contribution is 2.26. The van der Waals surface area contributed by atoms with Crippen LogP contribution in [0.1, 0.15) is 18.1 Å². The fourth-order valence-electron chi connectivity index (χ4n) is 3.35. The summed E-state index contributed by atoms with van der Waals surface area (Å²) in [4.78, 5) is 12.3. The summed E-state index contributed by atoms with van der Waals surface area (Å²) in [5.74, 6) is 0.759. The second-order valence-electron chi connectivity index (χ2n) is 7.22. The van der Waals surface area contributed by atoms with Crippen molar-refractivity contribution in [2.75, 3.05) is 5.75 Å². The SMILES string of the molecule is CCn1c(SCC(=O)NN=Cc2c(O)ccc3ccccc23)nnc1-c1ccc(C)cc1. The van der Waals surface area contributed by atoms with Gasteiger partial charge in [-0.25, -0.2) is 5.43 Å². The minimum Gasteiger partial charge on any atom is -0.507 e. The molecule has 0 aliphatic heterocycles. The molecule has 7 nitrogen and oxygen atoms in total. The van der Waals surface area contributed by atoms with E-state index in [2.05, 4.69) is 20.7 Å². The number of rotatable bonds is 7. The second kappa shape index (κ2) is 9.65. The monoisotopic (exact) mass is 445 g/mol. The first-order valence-electron chi connectivity index (χ1n) is 10.2. The number of hydrogen-bond donors (Lipinski definition) is 2. The van der Waals surface area contributed by atoms with Gasteiger partial charge in [0, 0.05) is 17.7 Å². The molecule has 4 aromatic rings. The summed E-state index contributed by atoms with van der Waals surface area (Å²) in [6.45, 7) is 4.75. The third kappa shape index (κ3) is 4.65. The van der Waals surface area contributed by atoms with Gasteiger partial charge in [-0.05, 0) is 30.7 Å². The molecule has 0 fully saturated rings. The second-order valence-corrected chi connectivity index (χ2v) is 8.16. The maximum atomic E-state index is 12.3. The predicted molar refractivity (Wildman–Crippen MR) is 128 cm³/mol. The first-order valence-corrected chi connectivity index (χ1v) is 11.2. The number of aromatic nitrogens is 3. The Hall–Kier alpha value is -3.65. The zero-order valence-electron chi connectivity index (χ0n) is 17.8. The van der Waals surface area contributed by atoms with Crippen LogP contribution in [-0.2, 0) is 11.3 Å². The van der Waals surface area contributed by atoms with Gasteiger partial charge in [-0.15, -0.1) is 10.2 Å². The number of aryl methyl sites for hydroxylation is 1. The van der Waals surface area contributed by atoms with Crippen LogP contribution < -0.4 is 5.43 Å². The van der Waals surface area contributed by atoms with Crippen molar-refractivity contribution >= 4 is 34.7 Å². The zero-order valence-corrected chi connectivity index (χ0v) is 18.6. The fraction of sp³-hybridized carbons (Fsp3) is 0.167. The van der Waals surface area contributed by atoms with Crippen molar-refractivity contribution in [1.29, 1.82) is 0 Å². The number of thioether (sulfide) groups is 1. The average molecular weight is 446 g/mol. The van der Waals surface area contributed by atoms with Gasteiger partial charge < -0.3 is 9.67 Å². The quantitative estimate of drug-likeness (QED) is 0.250. The van der Waals surface area contributed by atoms with Crippen LogP contribution in [0, 0.1) is 6.92 Å². The van der Waals surface area contributed by atoms with Crippen molar-refractivity contribution in [3.05, 3.63) is 71.8 Å². The minimum absolute atomic E-state index is 0.107. The number of phenols is 1. The molecule has 0 atom stereocenters. The van der Waals surface area contributed by atoms with Crippen LogP contribution >= 0.6 is 11.8 Å². The molecule has 8 heteroatoms. The number of benzene rings is 3. The van der Waals surface area contributed by atoms with E-state index < -0.39 is 0 Å². The van der Waals surface area contributed by atoms with E-state index in [1.165, 1.54) is 23.5 Å². The number of hydrogen-bond acceptors (Lipinski definition) is 6. The number of hydrazone groups is 1. The molecule has 1 aromatic heterocycles. The summed E-state index contributed by atoms with van der Waals surface area (Å²) in [6, 6.07) is 19.2. The lowest BCUT2D eigenvalue weighted by molar-refractivity contribution is -0.118. The van der Waals surface area contributed by atoms with Crippen LogP contribution in [0.2, 0.25) is 0 Å². The number of phenolic OH excluding ortho intramolecular Hbond substituents is 1. The number of carbonyl (C=O) groups is 1. The molecule has 0 spiro atoms. The zero-order chi connectivity index (χ0) is 22.5. The standard InChI is InChI=1S/C24H23N5O2S/c1-3-29-23(18-10-8-16(2)9-11-18)27-28-24(29)32-15-22(31)26-25-14-20-19-7-5-4-6-17(19)12-13-21(20)30/h4-14,30H,3,15H2,1-2H3,(H,26,31). The van der Waals surface area contributed by atoms with Crippen LogP contribution in [0.4, 0.5) is 0 Å². The number of nitrogens with one attached hydrogen (secondary N) is 1. The summed E-state index contributed by atoms with van der Waals surface area (Å²) < 4.78 is 1.99. The van der Waals surface area contributed by atoms with Crippen LogP contribution in [0.15, 0.2) is 70.9 Å². The number of amides is 1. The third-order valence-corrected chi connectivity index (χ3v) is 5.97. The van der Waals surface area contributed by atoms with Gasteiger partial charge in [0.15, 0.2) is 11.0 Å². The lowest BCUT2D eigenvalue weighted by Crippen LogP contribution is -2.20. The fourth-order valence-corrected chi connectivity index (χ4v) is 4.14. The van der Waals surface area contributed by atoms with E-state index in [0.29, 0.717) is 17.3 Å². The smallest absolute Gasteiger partial charge is 0.250 e. The van der Waals surface area contributed by atoms with E-state index in [1.54, 1.807) is 6.07 Å². The summed E-state index contributed by atoms with van der Waals surface area (Å²) in [5.41, 5.74) is 5.24. The van der Waals surface area contributed by atoms with E-state index in [-0.39, 0.29) is 17.4 Å². The van der Waals surface area contributed by atoms with E-state index in [1.807, 2.05) is 73.0 Å². The van der Waals surface area contributed by atoms with Gasteiger partial charge in [-0.3, -0.25) is 4.79 Å².